The number of halogens is 1. The number of methoxy groups -OCH3 is 2. The van der Waals surface area contributed by atoms with Crippen molar-refractivity contribution in [1.82, 2.24) is 5.43 Å². The predicted molar refractivity (Wildman–Crippen MR) is 121 cm³/mol. The number of hydrazone groups is 1. The fourth-order valence-corrected chi connectivity index (χ4v) is 3.25. The third-order valence-corrected chi connectivity index (χ3v) is 4.96. The topological polar surface area (TPSA) is 69.2 Å². The van der Waals surface area contributed by atoms with E-state index in [2.05, 4.69) is 32.4 Å². The van der Waals surface area contributed by atoms with E-state index in [1.54, 1.807) is 18.2 Å². The second-order valence-corrected chi connectivity index (χ2v) is 6.97. The van der Waals surface area contributed by atoms with Crippen LogP contribution >= 0.6 is 15.9 Å². The van der Waals surface area contributed by atoms with Crippen molar-refractivity contribution in [1.29, 1.82) is 0 Å². The summed E-state index contributed by atoms with van der Waals surface area (Å²) in [5.74, 6) is 3.50. The molecule has 0 heterocycles. The zero-order valence-electron chi connectivity index (χ0n) is 16.4. The Labute approximate surface area is 183 Å². The zero-order valence-corrected chi connectivity index (χ0v) is 18.0. The summed E-state index contributed by atoms with van der Waals surface area (Å²) < 4.78 is 16.9. The number of amides is 1. The number of ether oxygens (including phenoxy) is 3. The highest BCUT2D eigenvalue weighted by atomic mass is 79.9. The number of hydrogen-bond donors (Lipinski definition) is 1. The summed E-state index contributed by atoms with van der Waals surface area (Å²) >= 11 is 3.45. The lowest BCUT2D eigenvalue weighted by atomic mass is 10.1. The van der Waals surface area contributed by atoms with Crippen LogP contribution in [0.15, 0.2) is 58.1 Å². The van der Waals surface area contributed by atoms with Gasteiger partial charge in [0, 0.05) is 10.0 Å². The first-order chi connectivity index (χ1) is 14.6. The first-order valence-electron chi connectivity index (χ1n) is 8.91. The highest BCUT2D eigenvalue weighted by Crippen LogP contribution is 2.33. The molecule has 0 spiro atoms. The molecule has 0 radical (unpaired) electrons. The van der Waals surface area contributed by atoms with E-state index in [9.17, 15) is 4.79 Å². The maximum absolute atomic E-state index is 12.7. The molecular formula is C23H19BrN2O4. The molecule has 3 aromatic rings. The molecule has 1 N–H and O–H groups in total. The number of carbonyl (C=O) groups excluding carboxylic acids is 1. The van der Waals surface area contributed by atoms with Crippen LogP contribution in [0, 0.1) is 12.3 Å². The van der Waals surface area contributed by atoms with Crippen LogP contribution in [-0.4, -0.2) is 32.9 Å². The fourth-order valence-electron chi connectivity index (χ4n) is 2.83. The Morgan fingerprint density at radius 1 is 1.10 bits per heavy atom. The molecule has 0 atom stereocenters. The van der Waals surface area contributed by atoms with Gasteiger partial charge in [-0.25, -0.2) is 5.43 Å². The quantitative estimate of drug-likeness (QED) is 0.318. The third kappa shape index (κ3) is 4.73. The molecule has 0 unspecified atom stereocenters. The standard InChI is InChI=1S/C23H19BrN2O4/c1-4-9-30-22-13-19(24)17(12-21(22)29-3)14-25-26-23(27)18-10-15-7-5-6-8-16(15)11-20(18)28-2/h1,5-8,10-14H,9H2,2-3H3,(H,26,27)/b25-14-. The average molecular weight is 467 g/mol. The zero-order chi connectivity index (χ0) is 21.5. The van der Waals surface area contributed by atoms with E-state index in [1.165, 1.54) is 20.4 Å². The van der Waals surface area contributed by atoms with Gasteiger partial charge in [-0.1, -0.05) is 30.2 Å². The molecule has 0 aliphatic carbocycles. The molecule has 3 rings (SSSR count). The van der Waals surface area contributed by atoms with Crippen molar-refractivity contribution in [3.8, 4) is 29.6 Å². The van der Waals surface area contributed by atoms with Crippen LogP contribution in [0.4, 0.5) is 0 Å². The number of nitrogens with one attached hydrogen (secondary N) is 1. The average Bonchev–Trinajstić information content (AvgIpc) is 2.77. The number of carbonyl (C=O) groups is 1. The van der Waals surface area contributed by atoms with Crippen molar-refractivity contribution in [3.63, 3.8) is 0 Å². The second-order valence-electron chi connectivity index (χ2n) is 6.12. The molecule has 3 aromatic carbocycles. The van der Waals surface area contributed by atoms with Crippen molar-refractivity contribution in [3.05, 3.63) is 64.1 Å². The molecular weight excluding hydrogens is 448 g/mol. The molecule has 0 saturated heterocycles. The maximum atomic E-state index is 12.7. The predicted octanol–water partition coefficient (Wildman–Crippen LogP) is 4.40. The Hall–Kier alpha value is -3.50. The summed E-state index contributed by atoms with van der Waals surface area (Å²) in [6.45, 7) is 0.125. The molecule has 7 heteroatoms. The van der Waals surface area contributed by atoms with Gasteiger partial charge in [0.2, 0.25) is 0 Å². The Kier molecular flexibility index (Phi) is 6.94. The summed E-state index contributed by atoms with van der Waals surface area (Å²) in [7, 11) is 3.05. The van der Waals surface area contributed by atoms with E-state index in [0.717, 1.165) is 10.8 Å². The minimum atomic E-state index is -0.383. The highest BCUT2D eigenvalue weighted by Gasteiger charge is 2.14. The Balaban J connectivity index is 1.81. The molecule has 1 amide bonds. The number of fused-ring (bicyclic) bond motifs is 1. The van der Waals surface area contributed by atoms with Gasteiger partial charge in [0.1, 0.15) is 12.4 Å². The fraction of sp³-hybridized carbons (Fsp3) is 0.130. The number of hydrogen-bond acceptors (Lipinski definition) is 5. The molecule has 0 aliphatic heterocycles. The summed E-state index contributed by atoms with van der Waals surface area (Å²) in [6.07, 6.45) is 6.73. The van der Waals surface area contributed by atoms with Crippen molar-refractivity contribution in [2.45, 2.75) is 0 Å². The first kappa shape index (κ1) is 21.2. The van der Waals surface area contributed by atoms with Crippen LogP contribution in [0.1, 0.15) is 15.9 Å². The summed E-state index contributed by atoms with van der Waals surface area (Å²) in [4.78, 5) is 12.7. The van der Waals surface area contributed by atoms with Gasteiger partial charge in [0.15, 0.2) is 11.5 Å². The lowest BCUT2D eigenvalue weighted by Gasteiger charge is -2.11. The molecule has 30 heavy (non-hydrogen) atoms. The van der Waals surface area contributed by atoms with Crippen molar-refractivity contribution in [2.24, 2.45) is 5.10 Å². The molecule has 152 valence electrons. The largest absolute Gasteiger partial charge is 0.496 e. The molecule has 0 fully saturated rings. The molecule has 0 saturated carbocycles. The monoisotopic (exact) mass is 466 g/mol. The summed E-state index contributed by atoms with van der Waals surface area (Å²) in [5.41, 5.74) is 3.61. The van der Waals surface area contributed by atoms with Crippen LogP contribution in [0.5, 0.6) is 17.2 Å². The van der Waals surface area contributed by atoms with E-state index in [1.807, 2.05) is 30.3 Å². The van der Waals surface area contributed by atoms with E-state index in [4.69, 9.17) is 20.6 Å². The van der Waals surface area contributed by atoms with Gasteiger partial charge in [0.05, 0.1) is 26.0 Å². The number of terminal acetylenes is 1. The number of benzene rings is 3. The van der Waals surface area contributed by atoms with E-state index < -0.39 is 0 Å². The molecule has 0 aromatic heterocycles. The minimum absolute atomic E-state index is 0.125. The van der Waals surface area contributed by atoms with Gasteiger partial charge >= 0.3 is 0 Å². The van der Waals surface area contributed by atoms with Crippen LogP contribution in [0.2, 0.25) is 0 Å². The van der Waals surface area contributed by atoms with Gasteiger partial charge in [-0.3, -0.25) is 4.79 Å². The number of rotatable bonds is 7. The second kappa shape index (κ2) is 9.81. The van der Waals surface area contributed by atoms with Crippen molar-refractivity contribution >= 4 is 38.8 Å². The molecule has 0 bridgehead atoms. The van der Waals surface area contributed by atoms with Crippen molar-refractivity contribution < 1.29 is 19.0 Å². The smallest absolute Gasteiger partial charge is 0.275 e. The minimum Gasteiger partial charge on any atom is -0.496 e. The van der Waals surface area contributed by atoms with Gasteiger partial charge in [-0.15, -0.1) is 6.42 Å². The lowest BCUT2D eigenvalue weighted by Crippen LogP contribution is -2.18. The van der Waals surface area contributed by atoms with Gasteiger partial charge in [-0.05, 0) is 51.0 Å². The SMILES string of the molecule is C#CCOc1cc(Br)c(/C=N\NC(=O)c2cc3ccccc3cc2OC)cc1OC. The van der Waals surface area contributed by atoms with Crippen LogP contribution in [0.3, 0.4) is 0 Å². The maximum Gasteiger partial charge on any atom is 0.275 e. The van der Waals surface area contributed by atoms with E-state index >= 15 is 0 Å². The van der Waals surface area contributed by atoms with Gasteiger partial charge < -0.3 is 14.2 Å². The van der Waals surface area contributed by atoms with Crippen LogP contribution < -0.4 is 19.6 Å². The number of nitrogens with zero attached hydrogens (tertiary/aromatic N) is 1. The molecule has 6 nitrogen and oxygen atoms in total. The Bertz CT molecular complexity index is 1150. The molecule has 0 aliphatic rings. The Morgan fingerprint density at radius 3 is 2.47 bits per heavy atom. The first-order valence-corrected chi connectivity index (χ1v) is 9.70. The van der Waals surface area contributed by atoms with E-state index in [-0.39, 0.29) is 12.5 Å². The van der Waals surface area contributed by atoms with E-state index in [0.29, 0.717) is 32.8 Å². The van der Waals surface area contributed by atoms with Gasteiger partial charge in [0.25, 0.3) is 5.91 Å². The van der Waals surface area contributed by atoms with Crippen molar-refractivity contribution in [2.75, 3.05) is 20.8 Å². The van der Waals surface area contributed by atoms with Gasteiger partial charge in [-0.2, -0.15) is 5.10 Å². The Morgan fingerprint density at radius 2 is 1.80 bits per heavy atom. The normalized spacial score (nSPS) is 10.6. The lowest BCUT2D eigenvalue weighted by molar-refractivity contribution is 0.0952. The third-order valence-electron chi connectivity index (χ3n) is 4.28. The van der Waals surface area contributed by atoms with Crippen LogP contribution in [0.25, 0.3) is 10.8 Å². The summed E-state index contributed by atoms with van der Waals surface area (Å²) in [6, 6.07) is 14.8. The summed E-state index contributed by atoms with van der Waals surface area (Å²) in [5, 5.41) is 5.98. The van der Waals surface area contributed by atoms with Crippen LogP contribution in [-0.2, 0) is 0 Å². The highest BCUT2D eigenvalue weighted by molar-refractivity contribution is 9.10.